The highest BCUT2D eigenvalue weighted by Gasteiger charge is 2.36. The Morgan fingerprint density at radius 3 is 1.25 bits per heavy atom. The molecule has 0 saturated carbocycles. The van der Waals surface area contributed by atoms with Crippen molar-refractivity contribution in [2.24, 2.45) is 11.8 Å². The molecular weight excluding hydrogens is 1310 g/mol. The van der Waals surface area contributed by atoms with E-state index in [2.05, 4.69) is 21.3 Å². The molecule has 532 valence electrons. The van der Waals surface area contributed by atoms with Crippen LogP contribution in [0, 0.1) is 11.8 Å². The molecule has 0 bridgehead atoms. The summed E-state index contributed by atoms with van der Waals surface area (Å²) in [6, 6.07) is 26.0. The monoisotopic (exact) mass is 1400 g/mol. The van der Waals surface area contributed by atoms with Crippen LogP contribution in [0.5, 0.6) is 23.0 Å². The zero-order chi connectivity index (χ0) is 71.7. The van der Waals surface area contributed by atoms with E-state index >= 15 is 0 Å². The van der Waals surface area contributed by atoms with Gasteiger partial charge in [-0.1, -0.05) is 66.2 Å². The average Bonchev–Trinajstić information content (AvgIpc) is 1.51. The molecule has 2 fully saturated rings. The third kappa shape index (κ3) is 20.3. The molecule has 4 aromatic carbocycles. The lowest BCUT2D eigenvalue weighted by Crippen LogP contribution is -2.49. The molecule has 0 unspecified atom stereocenters. The largest absolute Gasteiger partial charge is 0.805 e. The van der Waals surface area contributed by atoms with E-state index < -0.39 is 67.7 Å². The quantitative estimate of drug-likeness (QED) is 0.00913. The molecule has 100 heavy (non-hydrogen) atoms. The molecule has 2 aromatic heterocycles. The summed E-state index contributed by atoms with van der Waals surface area (Å²) in [7, 11) is -2.97. The van der Waals surface area contributed by atoms with Crippen LogP contribution >= 0.6 is 8.25 Å². The van der Waals surface area contributed by atoms with Crippen LogP contribution in [0.25, 0.3) is 22.6 Å². The number of hydrogen-bond donors (Lipinski definition) is 4. The van der Waals surface area contributed by atoms with Gasteiger partial charge < -0.3 is 59.1 Å². The fourth-order valence-electron chi connectivity index (χ4n) is 11.9. The number of rotatable bonds is 40. The summed E-state index contributed by atoms with van der Waals surface area (Å²) >= 11 is 0. The van der Waals surface area contributed by atoms with Gasteiger partial charge in [-0.3, -0.25) is 38.4 Å². The number of nitrogens with zero attached hydrogens (tertiary/aromatic N) is 4. The van der Waals surface area contributed by atoms with Gasteiger partial charge in [0, 0.05) is 65.1 Å². The standard InChI is InChI=1S/C72H85N8O19P/c1-7-13-15-19-57(59(9-3)79(45-81)96-71(89)47-23-27-51(28-24-47)77-35-17-21-65(77)83)67(85)73-43-75-69(87)63-33-31-61(94-63)49-37-53(92-11-5)41-55(39-49)98-100(91)99-56-40-50(38-54(42-56)93-12-6)62-32-34-64(95-62)70(88)76-44-74-68(86)58(20-16-14-8-2)60(10-4)80(46-82)97-72(90)48-25-29-52(30-26-48)78-36-18-22-66(78)84/h23-34,37-42,45-46,57-60H,7-22,35-36,43-44H2,1-6H3,(H3-,73,74,75,76,85,86,87,88)/p+1/t57-,58-,59-,60-/m1/s1. The maximum Gasteiger partial charge on any atom is 0.805 e. The Morgan fingerprint density at radius 1 is 0.520 bits per heavy atom. The second-order valence-corrected chi connectivity index (χ2v) is 24.5. The van der Waals surface area contributed by atoms with E-state index in [0.29, 0.717) is 98.4 Å². The number of anilines is 2. The maximum atomic E-state index is 13.9. The van der Waals surface area contributed by atoms with Crippen molar-refractivity contribution in [2.45, 2.75) is 144 Å². The second kappa shape index (κ2) is 37.4. The fraction of sp³-hybridized carbons (Fsp3) is 0.417. The minimum Gasteiger partial charge on any atom is -0.494 e. The molecule has 8 amide bonds. The number of benzene rings is 4. The summed E-state index contributed by atoms with van der Waals surface area (Å²) in [5.74, 6) is -4.88. The van der Waals surface area contributed by atoms with Gasteiger partial charge in [-0.25, -0.2) is 18.6 Å². The van der Waals surface area contributed by atoms with E-state index in [1.807, 2.05) is 13.8 Å². The van der Waals surface area contributed by atoms with E-state index in [1.165, 1.54) is 72.8 Å². The van der Waals surface area contributed by atoms with Crippen LogP contribution in [-0.2, 0) is 43.0 Å². The zero-order valence-corrected chi connectivity index (χ0v) is 57.9. The van der Waals surface area contributed by atoms with E-state index in [1.54, 1.807) is 73.9 Å². The average molecular weight is 1400 g/mol. The first-order valence-corrected chi connectivity index (χ1v) is 35.0. The fourth-order valence-corrected chi connectivity index (χ4v) is 12.4. The third-order valence-corrected chi connectivity index (χ3v) is 17.6. The SMILES string of the molecule is CCCCC[C@@H](C(=O)NCNC(=O)c1ccc(-c2cc(OCC)cc(O[P+](=O)Oc3cc(OCC)cc(-c4ccc(C(=O)NCNC(=O)[C@H](CCCCC)[C@@H](CC)N(C=O)OC(=O)c5ccc(N6CCCC6=O)cc5)o4)c3)c2)o1)[C@@H](CC)N(C=O)OC(=O)c1ccc(N2CCCC2=O)cc1. The molecule has 4 N–H and O–H groups in total. The summed E-state index contributed by atoms with van der Waals surface area (Å²) in [4.78, 5) is 145. The minimum atomic E-state index is -2.97. The van der Waals surface area contributed by atoms with Crippen molar-refractivity contribution in [3.05, 3.63) is 132 Å². The Morgan fingerprint density at radius 2 is 0.910 bits per heavy atom. The molecule has 28 heteroatoms. The van der Waals surface area contributed by atoms with Gasteiger partial charge in [0.1, 0.15) is 23.0 Å². The van der Waals surface area contributed by atoms with Gasteiger partial charge in [-0.15, -0.1) is 0 Å². The first kappa shape index (κ1) is 75.2. The number of unbranched alkanes of at least 4 members (excludes halogenated alkanes) is 4. The molecule has 4 atom stereocenters. The van der Waals surface area contributed by atoms with Crippen molar-refractivity contribution < 1.29 is 89.5 Å². The number of carbonyl (C=O) groups is 10. The van der Waals surface area contributed by atoms with Gasteiger partial charge in [0.25, 0.3) is 11.8 Å². The maximum absolute atomic E-state index is 13.9. The molecule has 27 nitrogen and oxygen atoms in total. The van der Waals surface area contributed by atoms with Crippen molar-refractivity contribution in [2.75, 3.05) is 49.4 Å². The number of carbonyl (C=O) groups excluding carboxylic acids is 10. The van der Waals surface area contributed by atoms with E-state index in [4.69, 9.17) is 37.0 Å². The van der Waals surface area contributed by atoms with Crippen LogP contribution in [-0.4, -0.2) is 122 Å². The number of hydroxylamine groups is 4. The molecule has 0 radical (unpaired) electrons. The first-order chi connectivity index (χ1) is 48.4. The highest BCUT2D eigenvalue weighted by molar-refractivity contribution is 7.34. The predicted octanol–water partition coefficient (Wildman–Crippen LogP) is 11.4. The summed E-state index contributed by atoms with van der Waals surface area (Å²) in [5.41, 5.74) is 2.30. The summed E-state index contributed by atoms with van der Waals surface area (Å²) in [6.07, 6.45) is 8.82. The van der Waals surface area contributed by atoms with Gasteiger partial charge >= 0.3 is 20.2 Å². The third-order valence-electron chi connectivity index (χ3n) is 16.9. The Labute approximate surface area is 580 Å². The molecule has 2 aliphatic heterocycles. The molecule has 0 aliphatic carbocycles. The second-order valence-electron chi connectivity index (χ2n) is 23.7. The Bertz CT molecular complexity index is 3600. The van der Waals surface area contributed by atoms with Crippen LogP contribution in [0.4, 0.5) is 11.4 Å². The number of hydrogen-bond acceptors (Lipinski definition) is 19. The Balaban J connectivity index is 0.857. The zero-order valence-electron chi connectivity index (χ0n) is 57.0. The predicted molar refractivity (Wildman–Crippen MR) is 367 cm³/mol. The van der Waals surface area contributed by atoms with Crippen molar-refractivity contribution in [3.8, 4) is 45.6 Å². The number of ether oxygens (including phenoxy) is 2. The number of amides is 8. The molecule has 6 aromatic rings. The van der Waals surface area contributed by atoms with Crippen LogP contribution in [0.15, 0.2) is 118 Å². The van der Waals surface area contributed by atoms with E-state index in [0.717, 1.165) is 48.7 Å². The minimum absolute atomic E-state index is 0.00733. The van der Waals surface area contributed by atoms with Crippen molar-refractivity contribution in [1.29, 1.82) is 0 Å². The summed E-state index contributed by atoms with van der Waals surface area (Å²) in [5, 5.41) is 12.4. The molecule has 0 spiro atoms. The van der Waals surface area contributed by atoms with Crippen LogP contribution in [0.1, 0.15) is 173 Å². The lowest BCUT2D eigenvalue weighted by Gasteiger charge is -2.31. The Hall–Kier alpha value is -10.6. The van der Waals surface area contributed by atoms with Crippen molar-refractivity contribution in [3.63, 3.8) is 0 Å². The van der Waals surface area contributed by atoms with Gasteiger partial charge in [-0.2, -0.15) is 10.1 Å². The molecule has 2 aliphatic rings. The van der Waals surface area contributed by atoms with Gasteiger partial charge in [0.05, 0.1) is 61.6 Å². The summed E-state index contributed by atoms with van der Waals surface area (Å²) in [6.45, 7) is 12.0. The first-order valence-electron chi connectivity index (χ1n) is 33.9. The highest BCUT2D eigenvalue weighted by atomic mass is 31.1. The lowest BCUT2D eigenvalue weighted by atomic mass is 9.90. The van der Waals surface area contributed by atoms with Gasteiger partial charge in [-0.05, 0) is 149 Å². The number of nitrogens with one attached hydrogen (secondary N) is 4. The molecule has 8 rings (SSSR count). The summed E-state index contributed by atoms with van der Waals surface area (Å²) < 4.78 is 48.9. The van der Waals surface area contributed by atoms with Crippen LogP contribution in [0.2, 0.25) is 0 Å². The van der Waals surface area contributed by atoms with Gasteiger partial charge in [0.15, 0.2) is 23.0 Å². The smallest absolute Gasteiger partial charge is 0.494 e. The van der Waals surface area contributed by atoms with Gasteiger partial charge in [0.2, 0.25) is 36.4 Å². The normalized spacial score (nSPS) is 13.8. The van der Waals surface area contributed by atoms with Crippen molar-refractivity contribution >= 4 is 79.8 Å². The van der Waals surface area contributed by atoms with E-state index in [-0.39, 0.29) is 96.9 Å². The molecule has 2 saturated heterocycles. The molecule has 4 heterocycles. The Kier molecular flexibility index (Phi) is 28.1. The lowest BCUT2D eigenvalue weighted by molar-refractivity contribution is -0.171. The van der Waals surface area contributed by atoms with E-state index in [9.17, 15) is 52.5 Å². The highest BCUT2D eigenvalue weighted by Crippen LogP contribution is 2.40. The van der Waals surface area contributed by atoms with Crippen molar-refractivity contribution in [1.82, 2.24) is 31.4 Å². The topological polar surface area (TPSA) is 331 Å². The number of furan rings is 2. The molecular formula is C72H86N8O19P+. The van der Waals surface area contributed by atoms with Crippen LogP contribution < -0.4 is 49.6 Å². The van der Waals surface area contributed by atoms with Crippen LogP contribution in [0.3, 0.4) is 0 Å².